The monoisotopic (exact) mass is 474 g/mol. The first-order valence-corrected chi connectivity index (χ1v) is 12.0. The fraction of sp³-hybridized carbons (Fsp3) is 0.318. The van der Waals surface area contributed by atoms with Crippen molar-refractivity contribution in [3.63, 3.8) is 0 Å². The second-order valence-corrected chi connectivity index (χ2v) is 10.8. The van der Waals surface area contributed by atoms with Gasteiger partial charge in [0.25, 0.3) is 15.7 Å². The van der Waals surface area contributed by atoms with Gasteiger partial charge in [-0.25, -0.2) is 8.42 Å². The number of nitro benzene ring substituents is 1. The number of hydrogen-bond acceptors (Lipinski definition) is 6. The lowest BCUT2D eigenvalue weighted by Crippen LogP contribution is -2.48. The topological polar surface area (TPSA) is 114 Å². The van der Waals surface area contributed by atoms with E-state index in [1.807, 2.05) is 0 Å². The van der Waals surface area contributed by atoms with E-state index in [9.17, 15) is 18.5 Å². The number of nitrogens with one attached hydrogen (secondary N) is 2. The van der Waals surface area contributed by atoms with Gasteiger partial charge in [0.15, 0.2) is 0 Å². The van der Waals surface area contributed by atoms with Crippen LogP contribution < -0.4 is 10.1 Å². The molecule has 168 valence electrons. The largest absolute Gasteiger partial charge is 0.295 e. The summed E-state index contributed by atoms with van der Waals surface area (Å²) in [5.41, 5.74) is 4.09. The highest BCUT2D eigenvalue weighted by molar-refractivity contribution is 7.92. The molecule has 3 aliphatic rings. The zero-order chi connectivity index (χ0) is 23.1. The molecule has 0 aliphatic heterocycles. The smallest absolute Gasteiger partial charge is 0.280 e. The minimum Gasteiger partial charge on any atom is -0.280 e. The molecule has 8 nitrogen and oxygen atoms in total. The summed E-state index contributed by atoms with van der Waals surface area (Å²) in [5.74, 6) is 1.14. The van der Waals surface area contributed by atoms with Crippen LogP contribution in [0.3, 0.4) is 0 Å². The molecule has 32 heavy (non-hydrogen) atoms. The highest BCUT2D eigenvalue weighted by atomic mass is 35.5. The molecule has 5 rings (SSSR count). The molecule has 2 aromatic carbocycles. The minimum absolute atomic E-state index is 0.110. The molecular formula is C22H23ClN4O4S. The molecule has 1 fully saturated rings. The van der Waals surface area contributed by atoms with Gasteiger partial charge >= 0.3 is 0 Å². The van der Waals surface area contributed by atoms with Gasteiger partial charge in [-0.2, -0.15) is 5.10 Å². The Bertz CT molecular complexity index is 1220. The Hall–Kier alpha value is -2.91. The number of hydrogen-bond donors (Lipinski definition) is 2. The number of nitro groups is 1. The summed E-state index contributed by atoms with van der Waals surface area (Å²) in [7, 11) is -4.02. The Morgan fingerprint density at radius 1 is 1.22 bits per heavy atom. The standard InChI is InChI=1S/C22H23ClN4O4S/c1-22(2)15-4-3-14(19(22)11-15)13-24-25-20-10-9-18(12-21(20)27(28)29)32(30,31)26-17-7-5-16(23)6-8-17/h3,5-10,12-13,15,19,25-26H,4,11H2,1-2H3. The fourth-order valence-corrected chi connectivity index (χ4v) is 5.58. The van der Waals surface area contributed by atoms with Crippen molar-refractivity contribution in [2.75, 3.05) is 10.1 Å². The van der Waals surface area contributed by atoms with Crippen molar-refractivity contribution >= 4 is 44.9 Å². The zero-order valence-corrected chi connectivity index (χ0v) is 19.2. The normalized spacial score (nSPS) is 21.5. The van der Waals surface area contributed by atoms with E-state index in [2.05, 4.69) is 35.2 Å². The van der Waals surface area contributed by atoms with E-state index in [0.717, 1.165) is 24.5 Å². The van der Waals surface area contributed by atoms with Crippen LogP contribution in [0.15, 0.2) is 64.1 Å². The third-order valence-electron chi connectivity index (χ3n) is 6.48. The Balaban J connectivity index is 1.52. The van der Waals surface area contributed by atoms with Crippen molar-refractivity contribution in [2.45, 2.75) is 31.6 Å². The van der Waals surface area contributed by atoms with Crippen molar-refractivity contribution in [1.82, 2.24) is 0 Å². The minimum atomic E-state index is -4.02. The second-order valence-electron chi connectivity index (χ2n) is 8.66. The summed E-state index contributed by atoms with van der Waals surface area (Å²) < 4.78 is 27.7. The molecule has 0 heterocycles. The first-order chi connectivity index (χ1) is 15.1. The predicted molar refractivity (Wildman–Crippen MR) is 126 cm³/mol. The lowest BCUT2D eigenvalue weighted by molar-refractivity contribution is -0.384. The molecule has 3 aliphatic carbocycles. The number of fused-ring (bicyclic) bond motifs is 1. The molecule has 2 unspecified atom stereocenters. The van der Waals surface area contributed by atoms with Gasteiger partial charge in [0.05, 0.1) is 16.0 Å². The number of benzene rings is 2. The average molecular weight is 475 g/mol. The maximum absolute atomic E-state index is 12.7. The molecule has 0 saturated heterocycles. The van der Waals surface area contributed by atoms with Crippen molar-refractivity contribution in [2.24, 2.45) is 22.4 Å². The van der Waals surface area contributed by atoms with Crippen LogP contribution in [0, 0.1) is 27.4 Å². The summed E-state index contributed by atoms with van der Waals surface area (Å²) in [6, 6.07) is 9.73. The van der Waals surface area contributed by atoms with Crippen molar-refractivity contribution in [1.29, 1.82) is 0 Å². The SMILES string of the molecule is CC1(C)C2CC=C(C=NNc3ccc(S(=O)(=O)Nc4ccc(Cl)cc4)cc3[N+](=O)[O-])C1C2. The van der Waals surface area contributed by atoms with Gasteiger partial charge in [-0.05, 0) is 72.1 Å². The molecule has 2 atom stereocenters. The van der Waals surface area contributed by atoms with Gasteiger partial charge in [0.1, 0.15) is 5.69 Å². The van der Waals surface area contributed by atoms with Crippen LogP contribution in [0.5, 0.6) is 0 Å². The summed E-state index contributed by atoms with van der Waals surface area (Å²) >= 11 is 5.81. The van der Waals surface area contributed by atoms with Crippen LogP contribution in [0.2, 0.25) is 5.02 Å². The quantitative estimate of drug-likeness (QED) is 0.315. The number of nitrogens with zero attached hydrogens (tertiary/aromatic N) is 2. The van der Waals surface area contributed by atoms with Crippen LogP contribution in [-0.4, -0.2) is 19.6 Å². The van der Waals surface area contributed by atoms with E-state index < -0.39 is 14.9 Å². The number of sulfonamides is 1. The molecule has 0 amide bonds. The van der Waals surface area contributed by atoms with E-state index >= 15 is 0 Å². The van der Waals surface area contributed by atoms with E-state index in [1.54, 1.807) is 18.3 Å². The van der Waals surface area contributed by atoms with Crippen LogP contribution >= 0.6 is 11.6 Å². The predicted octanol–water partition coefficient (Wildman–Crippen LogP) is 5.44. The van der Waals surface area contributed by atoms with Crippen LogP contribution in [-0.2, 0) is 10.0 Å². The lowest BCUT2D eigenvalue weighted by Gasteiger charge is -2.55. The first kappa shape index (κ1) is 22.3. The highest BCUT2D eigenvalue weighted by Gasteiger charge is 2.50. The lowest BCUT2D eigenvalue weighted by atomic mass is 9.49. The Labute approximate surface area is 191 Å². The maximum Gasteiger partial charge on any atom is 0.295 e. The molecule has 2 N–H and O–H groups in total. The third kappa shape index (κ3) is 4.22. The van der Waals surface area contributed by atoms with Crippen molar-refractivity contribution in [3.05, 3.63) is 69.3 Å². The number of allylic oxidation sites excluding steroid dienone is 2. The first-order valence-electron chi connectivity index (χ1n) is 10.1. The molecule has 2 bridgehead atoms. The fourth-order valence-electron chi connectivity index (χ4n) is 4.38. The van der Waals surface area contributed by atoms with Crippen LogP contribution in [0.1, 0.15) is 26.7 Å². The van der Waals surface area contributed by atoms with Crippen LogP contribution in [0.4, 0.5) is 17.1 Å². The highest BCUT2D eigenvalue weighted by Crippen LogP contribution is 2.58. The zero-order valence-electron chi connectivity index (χ0n) is 17.6. The van der Waals surface area contributed by atoms with Gasteiger partial charge in [0, 0.05) is 16.8 Å². The van der Waals surface area contributed by atoms with E-state index in [0.29, 0.717) is 22.5 Å². The Kier molecular flexibility index (Phi) is 5.72. The molecule has 0 aromatic heterocycles. The summed E-state index contributed by atoms with van der Waals surface area (Å²) in [6.07, 6.45) is 6.02. The molecular weight excluding hydrogens is 452 g/mol. The van der Waals surface area contributed by atoms with Crippen LogP contribution in [0.25, 0.3) is 0 Å². The van der Waals surface area contributed by atoms with Crippen molar-refractivity contribution < 1.29 is 13.3 Å². The van der Waals surface area contributed by atoms with Crippen molar-refractivity contribution in [3.8, 4) is 0 Å². The Morgan fingerprint density at radius 3 is 2.56 bits per heavy atom. The number of halogens is 1. The Morgan fingerprint density at radius 2 is 1.94 bits per heavy atom. The van der Waals surface area contributed by atoms with Gasteiger partial charge in [-0.15, -0.1) is 0 Å². The van der Waals surface area contributed by atoms with Gasteiger partial charge < -0.3 is 0 Å². The second kappa shape index (κ2) is 8.22. The maximum atomic E-state index is 12.7. The summed E-state index contributed by atoms with van der Waals surface area (Å²) in [4.78, 5) is 10.7. The molecule has 2 aromatic rings. The van der Waals surface area contributed by atoms with E-state index in [4.69, 9.17) is 11.6 Å². The number of hydrazone groups is 1. The molecule has 0 radical (unpaired) electrons. The molecule has 10 heteroatoms. The molecule has 0 spiro atoms. The van der Waals surface area contributed by atoms with Gasteiger partial charge in [-0.3, -0.25) is 20.3 Å². The summed E-state index contributed by atoms with van der Waals surface area (Å²) in [6.45, 7) is 4.50. The molecule has 1 saturated carbocycles. The summed E-state index contributed by atoms with van der Waals surface area (Å²) in [5, 5.41) is 16.2. The van der Waals surface area contributed by atoms with Gasteiger partial charge in [0.2, 0.25) is 0 Å². The van der Waals surface area contributed by atoms with Gasteiger partial charge in [-0.1, -0.05) is 31.5 Å². The number of anilines is 2. The van der Waals surface area contributed by atoms with E-state index in [1.165, 1.54) is 24.3 Å². The third-order valence-corrected chi connectivity index (χ3v) is 8.11. The average Bonchev–Trinajstić information content (AvgIpc) is 2.75. The number of rotatable bonds is 7. The van der Waals surface area contributed by atoms with E-state index in [-0.39, 0.29) is 21.7 Å².